The van der Waals surface area contributed by atoms with E-state index < -0.39 is 6.10 Å². The third-order valence-electron chi connectivity index (χ3n) is 3.12. The minimum Gasteiger partial charge on any atom is -0.384 e. The molecule has 0 radical (unpaired) electrons. The van der Waals surface area contributed by atoms with Crippen molar-refractivity contribution in [2.75, 3.05) is 0 Å². The summed E-state index contributed by atoms with van der Waals surface area (Å²) >= 11 is 8.21. The summed E-state index contributed by atoms with van der Waals surface area (Å²) in [5.41, 5.74) is 2.54. The lowest BCUT2D eigenvalue weighted by atomic mass is 10.0. The second-order valence-corrected chi connectivity index (χ2v) is 6.03. The highest BCUT2D eigenvalue weighted by molar-refractivity contribution is 14.1. The molecule has 3 rings (SSSR count). The molecular formula is C14H10ClIN2O2. The predicted octanol–water partition coefficient (Wildman–Crippen LogP) is 3.20. The van der Waals surface area contributed by atoms with Crippen LogP contribution in [0.4, 0.5) is 0 Å². The van der Waals surface area contributed by atoms with Gasteiger partial charge in [0.1, 0.15) is 6.10 Å². The standard InChI is InChI=1S/C14H10ClIN2O2/c15-9-5-7(1-3-10(9)16)13(19)8-2-4-11-12(6-8)18-14(20)17-11/h1-6,13,19H,(H2,17,18,20). The van der Waals surface area contributed by atoms with Crippen LogP contribution in [0.1, 0.15) is 17.2 Å². The summed E-state index contributed by atoms with van der Waals surface area (Å²) in [6.45, 7) is 0. The van der Waals surface area contributed by atoms with E-state index in [-0.39, 0.29) is 5.69 Å². The summed E-state index contributed by atoms with van der Waals surface area (Å²) < 4.78 is 0.936. The van der Waals surface area contributed by atoms with E-state index in [1.165, 1.54) is 0 Å². The first kappa shape index (κ1) is 13.7. The second-order valence-electron chi connectivity index (χ2n) is 4.46. The molecule has 4 nitrogen and oxygen atoms in total. The number of hydrogen-bond donors (Lipinski definition) is 3. The number of rotatable bonds is 2. The first-order chi connectivity index (χ1) is 9.54. The largest absolute Gasteiger partial charge is 0.384 e. The smallest absolute Gasteiger partial charge is 0.323 e. The minimum absolute atomic E-state index is 0.260. The molecular weight excluding hydrogens is 391 g/mol. The number of aromatic amines is 2. The average molecular weight is 401 g/mol. The van der Waals surface area contributed by atoms with E-state index in [1.54, 1.807) is 24.3 Å². The summed E-state index contributed by atoms with van der Waals surface area (Å²) in [5, 5.41) is 11.0. The molecule has 0 amide bonds. The van der Waals surface area contributed by atoms with E-state index in [0.29, 0.717) is 27.2 Å². The fraction of sp³-hybridized carbons (Fsp3) is 0.0714. The fourth-order valence-corrected chi connectivity index (χ4v) is 2.62. The quantitative estimate of drug-likeness (QED) is 0.578. The number of H-pyrrole nitrogens is 2. The maximum atomic E-state index is 11.2. The van der Waals surface area contributed by atoms with Crippen molar-refractivity contribution in [2.45, 2.75) is 6.10 Å². The van der Waals surface area contributed by atoms with Crippen molar-refractivity contribution in [3.05, 3.63) is 66.6 Å². The average Bonchev–Trinajstić information content (AvgIpc) is 2.80. The molecule has 1 aromatic heterocycles. The van der Waals surface area contributed by atoms with Crippen LogP contribution in [0.15, 0.2) is 41.2 Å². The minimum atomic E-state index is -0.785. The lowest BCUT2D eigenvalue weighted by Crippen LogP contribution is -2.00. The summed E-state index contributed by atoms with van der Waals surface area (Å²) in [7, 11) is 0. The topological polar surface area (TPSA) is 68.9 Å². The molecule has 0 aliphatic rings. The monoisotopic (exact) mass is 400 g/mol. The molecule has 0 saturated heterocycles. The molecule has 3 aromatic rings. The van der Waals surface area contributed by atoms with E-state index >= 15 is 0 Å². The normalized spacial score (nSPS) is 12.8. The molecule has 0 aliphatic heterocycles. The van der Waals surface area contributed by atoms with Crippen molar-refractivity contribution in [2.24, 2.45) is 0 Å². The Bertz CT molecular complexity index is 841. The molecule has 0 fully saturated rings. The van der Waals surface area contributed by atoms with Crippen molar-refractivity contribution in [3.63, 3.8) is 0 Å². The molecule has 1 unspecified atom stereocenters. The Kier molecular flexibility index (Phi) is 3.57. The zero-order chi connectivity index (χ0) is 14.3. The molecule has 0 aliphatic carbocycles. The Morgan fingerprint density at radius 1 is 1.05 bits per heavy atom. The Balaban J connectivity index is 2.04. The Labute approximate surface area is 132 Å². The van der Waals surface area contributed by atoms with Gasteiger partial charge in [-0.15, -0.1) is 0 Å². The van der Waals surface area contributed by atoms with Crippen LogP contribution in [0.2, 0.25) is 5.02 Å². The van der Waals surface area contributed by atoms with Crippen LogP contribution in [0.3, 0.4) is 0 Å². The van der Waals surface area contributed by atoms with Crippen molar-refractivity contribution in [1.82, 2.24) is 9.97 Å². The maximum absolute atomic E-state index is 11.2. The van der Waals surface area contributed by atoms with Gasteiger partial charge in [0.2, 0.25) is 0 Å². The lowest BCUT2D eigenvalue weighted by molar-refractivity contribution is 0.220. The molecule has 0 spiro atoms. The van der Waals surface area contributed by atoms with Crippen LogP contribution in [-0.2, 0) is 0 Å². The highest BCUT2D eigenvalue weighted by Crippen LogP contribution is 2.28. The third kappa shape index (κ3) is 2.48. The molecule has 6 heteroatoms. The van der Waals surface area contributed by atoms with Crippen LogP contribution in [0.25, 0.3) is 11.0 Å². The Morgan fingerprint density at radius 3 is 2.45 bits per heavy atom. The maximum Gasteiger partial charge on any atom is 0.323 e. The number of imidazole rings is 1. The molecule has 1 atom stereocenters. The van der Waals surface area contributed by atoms with Gasteiger partial charge in [-0.05, 0) is 58.0 Å². The fourth-order valence-electron chi connectivity index (χ4n) is 2.10. The number of benzene rings is 2. The SMILES string of the molecule is O=c1[nH]c2ccc(C(O)c3ccc(I)c(Cl)c3)cc2[nH]1. The number of aromatic nitrogens is 2. The van der Waals surface area contributed by atoms with Gasteiger partial charge in [-0.2, -0.15) is 0 Å². The number of hydrogen-bond acceptors (Lipinski definition) is 2. The second kappa shape index (κ2) is 5.23. The van der Waals surface area contributed by atoms with E-state index in [4.69, 9.17) is 11.6 Å². The predicted molar refractivity (Wildman–Crippen MR) is 87.2 cm³/mol. The molecule has 3 N–H and O–H groups in total. The molecule has 1 heterocycles. The lowest BCUT2D eigenvalue weighted by Gasteiger charge is -2.12. The van der Waals surface area contributed by atoms with Crippen molar-refractivity contribution in [3.8, 4) is 0 Å². The van der Waals surface area contributed by atoms with E-state index in [9.17, 15) is 9.90 Å². The van der Waals surface area contributed by atoms with Gasteiger partial charge in [0, 0.05) is 3.57 Å². The van der Waals surface area contributed by atoms with Crippen LogP contribution in [0, 0.1) is 3.57 Å². The van der Waals surface area contributed by atoms with Gasteiger partial charge in [-0.25, -0.2) is 4.79 Å². The van der Waals surface area contributed by atoms with Crippen LogP contribution in [-0.4, -0.2) is 15.1 Å². The molecule has 2 aromatic carbocycles. The summed E-state index contributed by atoms with van der Waals surface area (Å²) in [5.74, 6) is 0. The number of aliphatic hydroxyl groups is 1. The van der Waals surface area contributed by atoms with Crippen molar-refractivity contribution < 1.29 is 5.11 Å². The third-order valence-corrected chi connectivity index (χ3v) is 4.69. The van der Waals surface area contributed by atoms with Crippen LogP contribution >= 0.6 is 34.2 Å². The molecule has 0 saturated carbocycles. The van der Waals surface area contributed by atoms with E-state index in [1.807, 2.05) is 12.1 Å². The van der Waals surface area contributed by atoms with Crippen LogP contribution in [0.5, 0.6) is 0 Å². The summed E-state index contributed by atoms with van der Waals surface area (Å²) in [4.78, 5) is 16.6. The number of nitrogens with one attached hydrogen (secondary N) is 2. The van der Waals surface area contributed by atoms with Crippen molar-refractivity contribution in [1.29, 1.82) is 0 Å². The first-order valence-electron chi connectivity index (χ1n) is 5.89. The molecule has 102 valence electrons. The molecule has 0 bridgehead atoms. The number of aliphatic hydroxyl groups excluding tert-OH is 1. The Morgan fingerprint density at radius 2 is 1.70 bits per heavy atom. The van der Waals surface area contributed by atoms with Gasteiger partial charge in [0.15, 0.2) is 0 Å². The van der Waals surface area contributed by atoms with E-state index in [0.717, 1.165) is 3.57 Å². The van der Waals surface area contributed by atoms with Gasteiger partial charge in [-0.3, -0.25) is 0 Å². The highest BCUT2D eigenvalue weighted by Gasteiger charge is 2.13. The van der Waals surface area contributed by atoms with E-state index in [2.05, 4.69) is 32.6 Å². The van der Waals surface area contributed by atoms with Gasteiger partial charge in [0.25, 0.3) is 0 Å². The highest BCUT2D eigenvalue weighted by atomic mass is 127. The number of halogens is 2. The zero-order valence-corrected chi connectivity index (χ0v) is 13.1. The van der Waals surface area contributed by atoms with Gasteiger partial charge in [-0.1, -0.05) is 23.7 Å². The Hall–Kier alpha value is -1.31. The van der Waals surface area contributed by atoms with Gasteiger partial charge < -0.3 is 15.1 Å². The first-order valence-corrected chi connectivity index (χ1v) is 7.35. The number of fused-ring (bicyclic) bond motifs is 1. The van der Waals surface area contributed by atoms with Crippen molar-refractivity contribution >= 4 is 45.2 Å². The van der Waals surface area contributed by atoms with Gasteiger partial charge in [0.05, 0.1) is 16.1 Å². The zero-order valence-electron chi connectivity index (χ0n) is 10.2. The van der Waals surface area contributed by atoms with Gasteiger partial charge >= 0.3 is 5.69 Å². The molecule has 20 heavy (non-hydrogen) atoms. The summed E-state index contributed by atoms with van der Waals surface area (Å²) in [6, 6.07) is 10.7. The van der Waals surface area contributed by atoms with Crippen LogP contribution < -0.4 is 5.69 Å². The summed E-state index contributed by atoms with van der Waals surface area (Å²) in [6.07, 6.45) is -0.785.